The van der Waals surface area contributed by atoms with E-state index in [9.17, 15) is 9.59 Å². The summed E-state index contributed by atoms with van der Waals surface area (Å²) in [5, 5.41) is 2.74. The Morgan fingerprint density at radius 3 is 2.10 bits per heavy atom. The number of rotatable bonds is 4. The quantitative estimate of drug-likeness (QED) is 0.861. The van der Waals surface area contributed by atoms with Gasteiger partial charge in [0.25, 0.3) is 5.91 Å². The second-order valence-electron chi connectivity index (χ2n) is 6.09. The minimum atomic E-state index is -0.651. The molecule has 1 N–H and O–H groups in total. The molecule has 0 radical (unpaired) electrons. The monoisotopic (exact) mass is 277 g/mol. The number of benzene rings is 1. The minimum absolute atomic E-state index is 0.0440. The van der Waals surface area contributed by atoms with Gasteiger partial charge >= 0.3 is 5.97 Å². The number of amides is 1. The van der Waals surface area contributed by atoms with E-state index in [1.165, 1.54) is 0 Å². The molecule has 1 amide bonds. The number of nitrogens with one attached hydrogen (secondary N) is 1. The topological polar surface area (TPSA) is 55.4 Å². The summed E-state index contributed by atoms with van der Waals surface area (Å²) >= 11 is 0. The fourth-order valence-corrected chi connectivity index (χ4v) is 1.68. The smallest absolute Gasteiger partial charge is 0.329 e. The van der Waals surface area contributed by atoms with Crippen molar-refractivity contribution >= 4 is 11.9 Å². The van der Waals surface area contributed by atoms with Crippen LogP contribution in [0.4, 0.5) is 0 Å². The van der Waals surface area contributed by atoms with Crippen LogP contribution in [0.3, 0.4) is 0 Å². The van der Waals surface area contributed by atoms with Gasteiger partial charge < -0.3 is 10.1 Å². The Morgan fingerprint density at radius 1 is 1.10 bits per heavy atom. The van der Waals surface area contributed by atoms with Gasteiger partial charge in [-0.05, 0) is 38.8 Å². The van der Waals surface area contributed by atoms with Gasteiger partial charge in [-0.1, -0.05) is 32.0 Å². The molecule has 0 saturated heterocycles. The summed E-state index contributed by atoms with van der Waals surface area (Å²) in [6.45, 7) is 9.17. The first-order valence-corrected chi connectivity index (χ1v) is 6.79. The van der Waals surface area contributed by atoms with Gasteiger partial charge in [0.2, 0.25) is 0 Å². The van der Waals surface area contributed by atoms with Crippen molar-refractivity contribution in [1.29, 1.82) is 0 Å². The molecule has 1 atom stereocenters. The van der Waals surface area contributed by atoms with Crippen LogP contribution >= 0.6 is 0 Å². The average molecular weight is 277 g/mol. The van der Waals surface area contributed by atoms with Crippen LogP contribution in [0.1, 0.15) is 45.0 Å². The van der Waals surface area contributed by atoms with E-state index in [0.29, 0.717) is 5.56 Å². The van der Waals surface area contributed by atoms with Crippen LogP contribution in [0.15, 0.2) is 30.3 Å². The molecule has 0 aliphatic carbocycles. The summed E-state index contributed by atoms with van der Waals surface area (Å²) in [4.78, 5) is 24.2. The molecule has 0 bridgehead atoms. The molecule has 1 aromatic rings. The summed E-state index contributed by atoms with van der Waals surface area (Å²) in [6.07, 6.45) is 0. The Hall–Kier alpha value is -1.84. The first-order valence-electron chi connectivity index (χ1n) is 6.79. The van der Waals surface area contributed by atoms with Crippen molar-refractivity contribution in [1.82, 2.24) is 5.32 Å². The van der Waals surface area contributed by atoms with E-state index < -0.39 is 17.6 Å². The average Bonchev–Trinajstić information content (AvgIpc) is 2.34. The Morgan fingerprint density at radius 2 is 1.65 bits per heavy atom. The van der Waals surface area contributed by atoms with E-state index >= 15 is 0 Å². The fourth-order valence-electron chi connectivity index (χ4n) is 1.68. The van der Waals surface area contributed by atoms with Crippen LogP contribution in [-0.4, -0.2) is 23.5 Å². The van der Waals surface area contributed by atoms with E-state index in [4.69, 9.17) is 4.74 Å². The van der Waals surface area contributed by atoms with Crippen molar-refractivity contribution in [3.8, 4) is 0 Å². The Balaban J connectivity index is 2.78. The zero-order valence-electron chi connectivity index (χ0n) is 12.8. The van der Waals surface area contributed by atoms with Gasteiger partial charge in [-0.2, -0.15) is 0 Å². The Labute approximate surface area is 120 Å². The lowest BCUT2D eigenvalue weighted by molar-refractivity contribution is -0.158. The van der Waals surface area contributed by atoms with Gasteiger partial charge in [0.15, 0.2) is 0 Å². The number of esters is 1. The summed E-state index contributed by atoms with van der Waals surface area (Å²) in [5.74, 6) is -0.718. The largest absolute Gasteiger partial charge is 0.458 e. The highest BCUT2D eigenvalue weighted by atomic mass is 16.6. The van der Waals surface area contributed by atoms with Gasteiger partial charge in [0, 0.05) is 5.56 Å². The molecule has 0 spiro atoms. The molecule has 0 aliphatic heterocycles. The second-order valence-corrected chi connectivity index (χ2v) is 6.09. The van der Waals surface area contributed by atoms with E-state index in [-0.39, 0.29) is 11.8 Å². The third-order valence-electron chi connectivity index (χ3n) is 2.65. The summed E-state index contributed by atoms with van der Waals surface area (Å²) in [7, 11) is 0. The Kier molecular flexibility index (Phi) is 5.31. The highest BCUT2D eigenvalue weighted by Crippen LogP contribution is 2.13. The molecular weight excluding hydrogens is 254 g/mol. The molecule has 0 saturated carbocycles. The summed E-state index contributed by atoms with van der Waals surface area (Å²) in [5.41, 5.74) is -0.0384. The van der Waals surface area contributed by atoms with Gasteiger partial charge in [-0.15, -0.1) is 0 Å². The maximum absolute atomic E-state index is 12.1. The lowest BCUT2D eigenvalue weighted by atomic mass is 10.0. The molecule has 4 heteroatoms. The molecule has 0 heterocycles. The molecule has 4 nitrogen and oxygen atoms in total. The van der Waals surface area contributed by atoms with Gasteiger partial charge in [-0.3, -0.25) is 4.79 Å². The van der Waals surface area contributed by atoms with Gasteiger partial charge in [0.05, 0.1) is 0 Å². The predicted molar refractivity (Wildman–Crippen MR) is 78.4 cm³/mol. The maximum atomic E-state index is 12.1. The number of ether oxygens (including phenoxy) is 1. The normalized spacial score (nSPS) is 12.9. The zero-order chi connectivity index (χ0) is 15.3. The van der Waals surface area contributed by atoms with E-state index in [1.807, 2.05) is 19.9 Å². The lowest BCUT2D eigenvalue weighted by Gasteiger charge is -2.26. The van der Waals surface area contributed by atoms with Crippen LogP contribution in [0.25, 0.3) is 0 Å². The van der Waals surface area contributed by atoms with Crippen LogP contribution in [0.2, 0.25) is 0 Å². The van der Waals surface area contributed by atoms with E-state index in [0.717, 1.165) is 0 Å². The zero-order valence-corrected chi connectivity index (χ0v) is 12.8. The van der Waals surface area contributed by atoms with E-state index in [1.54, 1.807) is 45.0 Å². The molecule has 0 aliphatic rings. The van der Waals surface area contributed by atoms with Crippen molar-refractivity contribution in [3.05, 3.63) is 35.9 Å². The molecule has 0 unspecified atom stereocenters. The molecule has 1 aromatic carbocycles. The lowest BCUT2D eigenvalue weighted by Crippen LogP contribution is -2.47. The van der Waals surface area contributed by atoms with Crippen LogP contribution in [0, 0.1) is 5.92 Å². The number of carbonyl (C=O) groups is 2. The molecule has 110 valence electrons. The highest BCUT2D eigenvalue weighted by molar-refractivity contribution is 5.96. The summed E-state index contributed by atoms with van der Waals surface area (Å²) < 4.78 is 5.34. The fraction of sp³-hybridized carbons (Fsp3) is 0.500. The number of hydrogen-bond donors (Lipinski definition) is 1. The molecular formula is C16H23NO3. The summed E-state index contributed by atoms with van der Waals surface area (Å²) in [6, 6.07) is 8.18. The Bertz CT molecular complexity index is 460. The van der Waals surface area contributed by atoms with Crippen LogP contribution in [-0.2, 0) is 9.53 Å². The van der Waals surface area contributed by atoms with Crippen LogP contribution in [0.5, 0.6) is 0 Å². The highest BCUT2D eigenvalue weighted by Gasteiger charge is 2.29. The van der Waals surface area contributed by atoms with Crippen molar-refractivity contribution in [2.75, 3.05) is 0 Å². The predicted octanol–water partition coefficient (Wildman–Crippen LogP) is 2.78. The molecule has 20 heavy (non-hydrogen) atoms. The molecule has 0 aromatic heterocycles. The molecule has 0 fully saturated rings. The number of hydrogen-bond acceptors (Lipinski definition) is 3. The maximum Gasteiger partial charge on any atom is 0.329 e. The van der Waals surface area contributed by atoms with Crippen molar-refractivity contribution in [3.63, 3.8) is 0 Å². The third-order valence-corrected chi connectivity index (χ3v) is 2.65. The number of carbonyl (C=O) groups excluding carboxylic acids is 2. The van der Waals surface area contributed by atoms with Crippen molar-refractivity contribution in [2.45, 2.75) is 46.3 Å². The second kappa shape index (κ2) is 6.55. The standard InChI is InChI=1S/C16H23NO3/c1-11(2)13(15(19)20-16(3,4)5)17-14(18)12-9-7-6-8-10-12/h6-11,13H,1-5H3,(H,17,18)/t13-/m1/s1. The van der Waals surface area contributed by atoms with Gasteiger partial charge in [0.1, 0.15) is 11.6 Å². The first-order chi connectivity index (χ1) is 9.20. The van der Waals surface area contributed by atoms with Crippen molar-refractivity contribution in [2.24, 2.45) is 5.92 Å². The van der Waals surface area contributed by atoms with Gasteiger partial charge in [-0.25, -0.2) is 4.79 Å². The van der Waals surface area contributed by atoms with Crippen LogP contribution < -0.4 is 5.32 Å². The molecule has 1 rings (SSSR count). The SMILES string of the molecule is CC(C)[C@@H](NC(=O)c1ccccc1)C(=O)OC(C)(C)C. The third kappa shape index (κ3) is 5.03. The van der Waals surface area contributed by atoms with E-state index in [2.05, 4.69) is 5.32 Å². The minimum Gasteiger partial charge on any atom is -0.458 e. The van der Waals surface area contributed by atoms with Crippen molar-refractivity contribution < 1.29 is 14.3 Å². The first kappa shape index (κ1) is 16.2.